The Kier molecular flexibility index (Phi) is 33.2. The lowest BCUT2D eigenvalue weighted by atomic mass is 9.85. The van der Waals surface area contributed by atoms with Crippen molar-refractivity contribution in [2.75, 3.05) is 13.2 Å². The van der Waals surface area contributed by atoms with Crippen LogP contribution in [0.15, 0.2) is 97.2 Å². The van der Waals surface area contributed by atoms with Gasteiger partial charge in [0.25, 0.3) is 0 Å². The van der Waals surface area contributed by atoms with E-state index in [-0.39, 0.29) is 12.8 Å². The van der Waals surface area contributed by atoms with Crippen molar-refractivity contribution in [3.8, 4) is 0 Å². The Morgan fingerprint density at radius 1 is 0.508 bits per heavy atom. The number of carbonyl (C=O) groups is 2. The van der Waals surface area contributed by atoms with Crippen molar-refractivity contribution in [1.82, 2.24) is 0 Å². The van der Waals surface area contributed by atoms with Crippen molar-refractivity contribution in [3.05, 3.63) is 97.2 Å². The van der Waals surface area contributed by atoms with Crippen LogP contribution in [-0.4, -0.2) is 98.3 Å². The van der Waals surface area contributed by atoms with Gasteiger partial charge in [0.2, 0.25) is 0 Å². The van der Waals surface area contributed by atoms with Gasteiger partial charge in [0.15, 0.2) is 6.10 Å². The van der Waals surface area contributed by atoms with Crippen molar-refractivity contribution in [2.24, 2.45) is 0 Å². The molecule has 1 fully saturated rings. The highest BCUT2D eigenvalue weighted by Crippen LogP contribution is 2.47. The number of phosphoric acid groups is 1. The molecule has 1 saturated carbocycles. The number of aliphatic hydroxyl groups is 5. The van der Waals surface area contributed by atoms with Gasteiger partial charge in [0.05, 0.1) is 6.61 Å². The second-order valence-corrected chi connectivity index (χ2v) is 16.2. The fraction of sp³-hybridized carbons (Fsp3) is 0.617. The molecule has 13 nitrogen and oxygen atoms in total. The van der Waals surface area contributed by atoms with Crippen LogP contribution < -0.4 is 0 Å². The number of ether oxygens (including phenoxy) is 2. The summed E-state index contributed by atoms with van der Waals surface area (Å²) in [6, 6.07) is 0. The Morgan fingerprint density at radius 2 is 0.902 bits per heavy atom. The molecule has 0 aromatic heterocycles. The van der Waals surface area contributed by atoms with Gasteiger partial charge < -0.3 is 39.9 Å². The smallest absolute Gasteiger partial charge is 0.462 e. The Bertz CT molecular complexity index is 1430. The Hall–Kier alpha value is -3.23. The lowest BCUT2D eigenvalue weighted by Gasteiger charge is -2.41. The lowest BCUT2D eigenvalue weighted by molar-refractivity contribution is -0.220. The molecule has 346 valence electrons. The molecular formula is C47H75O13P. The molecule has 6 N–H and O–H groups in total. The van der Waals surface area contributed by atoms with Gasteiger partial charge in [-0.3, -0.25) is 18.6 Å². The molecule has 61 heavy (non-hydrogen) atoms. The van der Waals surface area contributed by atoms with Gasteiger partial charge in [-0.15, -0.1) is 0 Å². The summed E-state index contributed by atoms with van der Waals surface area (Å²) in [6.07, 6.45) is 34.7. The van der Waals surface area contributed by atoms with E-state index in [4.69, 9.17) is 18.5 Å². The topological polar surface area (TPSA) is 210 Å². The molecule has 0 spiro atoms. The highest BCUT2D eigenvalue weighted by Gasteiger charge is 2.51. The van der Waals surface area contributed by atoms with Crippen LogP contribution in [0.5, 0.6) is 0 Å². The summed E-state index contributed by atoms with van der Waals surface area (Å²) in [4.78, 5) is 35.6. The number of allylic oxidation sites excluding steroid dienone is 16. The number of hydrogen-bond donors (Lipinski definition) is 6. The lowest BCUT2D eigenvalue weighted by Crippen LogP contribution is -2.64. The summed E-state index contributed by atoms with van der Waals surface area (Å²) >= 11 is 0. The molecule has 1 aliphatic carbocycles. The first-order chi connectivity index (χ1) is 29.4. The Balaban J connectivity index is 2.55. The SMILES string of the molecule is CC/C=C\C/C=C\C/C=C\C/C=C\C/C=C\CCCC(=O)OC(COC(=O)CCCCCCC/C=C\C/C=C\C/C=C\CC)COP(=O)(O)OC1C(O)C(O)C(O)C(O)C1O. The largest absolute Gasteiger partial charge is 0.472 e. The van der Waals surface area contributed by atoms with E-state index in [2.05, 4.69) is 98.9 Å². The first-order valence-electron chi connectivity index (χ1n) is 22.0. The number of esters is 2. The van der Waals surface area contributed by atoms with Gasteiger partial charge in [-0.2, -0.15) is 0 Å². The maximum Gasteiger partial charge on any atom is 0.472 e. The van der Waals surface area contributed by atoms with Crippen molar-refractivity contribution in [2.45, 2.75) is 172 Å². The zero-order valence-electron chi connectivity index (χ0n) is 36.4. The molecule has 0 heterocycles. The molecule has 14 heteroatoms. The van der Waals surface area contributed by atoms with Crippen LogP contribution in [0.4, 0.5) is 0 Å². The minimum atomic E-state index is -5.14. The fourth-order valence-corrected chi connectivity index (χ4v) is 6.90. The van der Waals surface area contributed by atoms with Crippen LogP contribution in [0.1, 0.15) is 129 Å². The van der Waals surface area contributed by atoms with E-state index in [1.165, 1.54) is 0 Å². The van der Waals surface area contributed by atoms with Crippen LogP contribution in [-0.2, 0) is 32.7 Å². The number of phosphoric ester groups is 1. The minimum absolute atomic E-state index is 0.00832. The highest BCUT2D eigenvalue weighted by atomic mass is 31.2. The molecule has 6 unspecified atom stereocenters. The molecule has 6 atom stereocenters. The summed E-state index contributed by atoms with van der Waals surface area (Å²) in [6.45, 7) is 2.98. The Labute approximate surface area is 364 Å². The molecule has 1 aliphatic rings. The predicted octanol–water partition coefficient (Wildman–Crippen LogP) is 8.27. The molecular weight excluding hydrogens is 803 g/mol. The average Bonchev–Trinajstić information content (AvgIpc) is 3.24. The highest BCUT2D eigenvalue weighted by molar-refractivity contribution is 7.47. The maximum atomic E-state index is 12.8. The van der Waals surface area contributed by atoms with Crippen LogP contribution in [0, 0.1) is 0 Å². The summed E-state index contributed by atoms with van der Waals surface area (Å²) in [7, 11) is -5.14. The average molecular weight is 879 g/mol. The van der Waals surface area contributed by atoms with E-state index in [0.29, 0.717) is 19.3 Å². The van der Waals surface area contributed by atoms with Crippen LogP contribution >= 0.6 is 7.82 Å². The third-order valence-corrected chi connectivity index (χ3v) is 10.4. The van der Waals surface area contributed by atoms with Gasteiger partial charge >= 0.3 is 19.8 Å². The van der Waals surface area contributed by atoms with Crippen LogP contribution in [0.3, 0.4) is 0 Å². The van der Waals surface area contributed by atoms with Crippen LogP contribution in [0.2, 0.25) is 0 Å². The number of aliphatic hydroxyl groups excluding tert-OH is 5. The number of carbonyl (C=O) groups excluding carboxylic acids is 2. The van der Waals surface area contributed by atoms with Crippen LogP contribution in [0.25, 0.3) is 0 Å². The second-order valence-electron chi connectivity index (χ2n) is 14.8. The molecule has 0 amide bonds. The van der Waals surface area contributed by atoms with Crippen molar-refractivity contribution >= 4 is 19.8 Å². The number of unbranched alkanes of at least 4 members (excludes halogenated alkanes) is 6. The first kappa shape index (κ1) is 55.8. The summed E-state index contributed by atoms with van der Waals surface area (Å²) in [5.74, 6) is -1.20. The first-order valence-corrected chi connectivity index (χ1v) is 23.5. The zero-order chi connectivity index (χ0) is 45.0. The molecule has 0 saturated heterocycles. The van der Waals surface area contributed by atoms with Crippen molar-refractivity contribution < 1.29 is 63.1 Å². The van der Waals surface area contributed by atoms with Gasteiger partial charge in [-0.25, -0.2) is 4.57 Å². The normalized spacial score (nSPS) is 23.0. The standard InChI is InChI=1S/C47H75O13P/c1-3-5-7-9-11-13-15-17-19-20-22-24-26-28-30-32-34-36-41(49)59-39(38-58-61(55,56)60-47-45(53)43(51)42(50)44(52)46(47)54)37-57-40(48)35-33-31-29-27-25-23-21-18-16-14-12-10-8-6-4-2/h5-8,11-14,17-19,21-22,24,28,30,39,42-47,50-54H,3-4,9-10,15-16,20,23,25-27,29,31-38H2,1-2H3,(H,55,56)/b7-5-,8-6-,13-11-,14-12-,19-17-,21-18-,24-22-,30-28-. The van der Waals surface area contributed by atoms with Crippen molar-refractivity contribution in [3.63, 3.8) is 0 Å². The van der Waals surface area contributed by atoms with E-state index < -0.39 is 75.7 Å². The molecule has 0 radical (unpaired) electrons. The van der Waals surface area contributed by atoms with E-state index in [9.17, 15) is 44.6 Å². The third kappa shape index (κ3) is 28.9. The third-order valence-electron chi connectivity index (χ3n) is 9.42. The summed E-state index contributed by atoms with van der Waals surface area (Å²) in [5.41, 5.74) is 0. The van der Waals surface area contributed by atoms with Gasteiger partial charge in [-0.05, 0) is 83.5 Å². The number of rotatable bonds is 34. The molecule has 0 aromatic carbocycles. The molecule has 1 rings (SSSR count). The minimum Gasteiger partial charge on any atom is -0.462 e. The maximum absolute atomic E-state index is 12.8. The predicted molar refractivity (Wildman–Crippen MR) is 239 cm³/mol. The molecule has 0 bridgehead atoms. The summed E-state index contributed by atoms with van der Waals surface area (Å²) < 4.78 is 33.4. The summed E-state index contributed by atoms with van der Waals surface area (Å²) in [5, 5.41) is 50.1. The van der Waals surface area contributed by atoms with E-state index in [0.717, 1.165) is 83.5 Å². The van der Waals surface area contributed by atoms with Gasteiger partial charge in [0, 0.05) is 12.8 Å². The van der Waals surface area contributed by atoms with Gasteiger partial charge in [-0.1, -0.05) is 130 Å². The molecule has 0 aromatic rings. The van der Waals surface area contributed by atoms with E-state index in [1.54, 1.807) is 0 Å². The quantitative estimate of drug-likeness (QED) is 0.0156. The zero-order valence-corrected chi connectivity index (χ0v) is 37.3. The fourth-order valence-electron chi connectivity index (χ4n) is 5.92. The second kappa shape index (κ2) is 36.3. The van der Waals surface area contributed by atoms with E-state index >= 15 is 0 Å². The Morgan fingerprint density at radius 3 is 1.39 bits per heavy atom. The van der Waals surface area contributed by atoms with E-state index in [1.807, 2.05) is 12.2 Å². The monoisotopic (exact) mass is 878 g/mol. The number of hydrogen-bond acceptors (Lipinski definition) is 12. The molecule has 0 aliphatic heterocycles. The van der Waals surface area contributed by atoms with Gasteiger partial charge in [0.1, 0.15) is 43.2 Å². The van der Waals surface area contributed by atoms with Crippen molar-refractivity contribution in [1.29, 1.82) is 0 Å².